The van der Waals surface area contributed by atoms with Gasteiger partial charge >= 0.3 is 0 Å². The fraction of sp³-hybridized carbons (Fsp3) is 0.278. The number of nitrogens with one attached hydrogen (secondary N) is 2. The Kier molecular flexibility index (Phi) is 3.22. The number of hydrogen-bond acceptors (Lipinski definition) is 3. The van der Waals surface area contributed by atoms with Crippen LogP contribution in [0.2, 0.25) is 0 Å². The van der Waals surface area contributed by atoms with Crippen molar-refractivity contribution in [2.75, 3.05) is 23.8 Å². The monoisotopic (exact) mass is 294 g/mol. The minimum atomic E-state index is -0.0422. The molecule has 0 saturated heterocycles. The van der Waals surface area contributed by atoms with E-state index in [1.54, 1.807) is 0 Å². The zero-order valence-electron chi connectivity index (χ0n) is 12.3. The molecule has 2 aliphatic rings. The highest BCUT2D eigenvalue weighted by Crippen LogP contribution is 2.29. The summed E-state index contributed by atoms with van der Waals surface area (Å²) in [6.45, 7) is 1.70. The highest BCUT2D eigenvalue weighted by Gasteiger charge is 2.18. The summed E-state index contributed by atoms with van der Waals surface area (Å²) in [5.41, 5.74) is 4.96. The molecule has 1 amide bonds. The van der Waals surface area contributed by atoms with Crippen LogP contribution >= 0.6 is 0 Å². The van der Waals surface area contributed by atoms with Gasteiger partial charge in [0, 0.05) is 29.9 Å². The van der Waals surface area contributed by atoms with Crippen LogP contribution in [0.25, 0.3) is 0 Å². The van der Waals surface area contributed by atoms with Gasteiger partial charge in [0.15, 0.2) is 0 Å². The van der Waals surface area contributed by atoms with Crippen LogP contribution in [0.1, 0.15) is 27.9 Å². The molecule has 2 aromatic rings. The molecule has 0 fully saturated rings. The van der Waals surface area contributed by atoms with Crippen LogP contribution in [0.4, 0.5) is 11.4 Å². The molecule has 2 N–H and O–H groups in total. The van der Waals surface area contributed by atoms with Crippen LogP contribution in [-0.4, -0.2) is 19.1 Å². The molecule has 0 aliphatic carbocycles. The average molecular weight is 294 g/mol. The molecular weight excluding hydrogens is 276 g/mol. The maximum Gasteiger partial charge on any atom is 0.256 e. The predicted octanol–water partition coefficient (Wildman–Crippen LogP) is 3.23. The predicted molar refractivity (Wildman–Crippen MR) is 86.8 cm³/mol. The number of benzene rings is 2. The lowest BCUT2D eigenvalue weighted by Crippen LogP contribution is -2.19. The van der Waals surface area contributed by atoms with Gasteiger partial charge in [-0.1, -0.05) is 6.07 Å². The lowest BCUT2D eigenvalue weighted by atomic mass is 9.97. The molecule has 112 valence electrons. The van der Waals surface area contributed by atoms with Gasteiger partial charge in [0.25, 0.3) is 5.91 Å². The first kappa shape index (κ1) is 13.2. The van der Waals surface area contributed by atoms with Crippen molar-refractivity contribution < 1.29 is 9.53 Å². The quantitative estimate of drug-likeness (QED) is 0.894. The van der Waals surface area contributed by atoms with Crippen LogP contribution in [0.5, 0.6) is 5.75 Å². The third-order valence-corrected chi connectivity index (χ3v) is 4.29. The van der Waals surface area contributed by atoms with E-state index < -0.39 is 0 Å². The first-order valence-corrected chi connectivity index (χ1v) is 7.74. The van der Waals surface area contributed by atoms with E-state index in [2.05, 4.69) is 10.6 Å². The van der Waals surface area contributed by atoms with Gasteiger partial charge in [-0.2, -0.15) is 0 Å². The van der Waals surface area contributed by atoms with Gasteiger partial charge < -0.3 is 15.4 Å². The van der Waals surface area contributed by atoms with Gasteiger partial charge in [0.2, 0.25) is 0 Å². The van der Waals surface area contributed by atoms with E-state index in [4.69, 9.17) is 4.74 Å². The Bertz CT molecular complexity index is 740. The fourth-order valence-electron chi connectivity index (χ4n) is 3.19. The molecule has 4 rings (SSSR count). The van der Waals surface area contributed by atoms with Crippen molar-refractivity contribution >= 4 is 17.3 Å². The highest BCUT2D eigenvalue weighted by molar-refractivity contribution is 6.06. The standard InChI is InChI=1S/C18H18N2O2/c21-18(15-3-1-5-16-14(15)4-2-9-19-16)20-13-6-7-17-12(11-13)8-10-22-17/h1,3,5-7,11,19H,2,4,8-10H2,(H,20,21). The molecule has 2 aliphatic heterocycles. The molecule has 4 heteroatoms. The Morgan fingerprint density at radius 2 is 2.14 bits per heavy atom. The topological polar surface area (TPSA) is 50.4 Å². The van der Waals surface area contributed by atoms with Crippen molar-refractivity contribution in [3.63, 3.8) is 0 Å². The third-order valence-electron chi connectivity index (χ3n) is 4.29. The summed E-state index contributed by atoms with van der Waals surface area (Å²) in [4.78, 5) is 12.6. The van der Waals surface area contributed by atoms with E-state index in [-0.39, 0.29) is 5.91 Å². The second kappa shape index (κ2) is 5.37. The molecule has 0 spiro atoms. The van der Waals surface area contributed by atoms with Crippen LogP contribution in [0.15, 0.2) is 36.4 Å². The van der Waals surface area contributed by atoms with Crippen molar-refractivity contribution in [3.8, 4) is 5.75 Å². The number of hydrogen-bond donors (Lipinski definition) is 2. The highest BCUT2D eigenvalue weighted by atomic mass is 16.5. The Morgan fingerprint density at radius 1 is 1.18 bits per heavy atom. The second-order valence-electron chi connectivity index (χ2n) is 5.74. The van der Waals surface area contributed by atoms with Gasteiger partial charge in [0.1, 0.15) is 5.75 Å². The summed E-state index contributed by atoms with van der Waals surface area (Å²) in [6, 6.07) is 11.7. The fourth-order valence-corrected chi connectivity index (χ4v) is 3.19. The molecule has 22 heavy (non-hydrogen) atoms. The van der Waals surface area contributed by atoms with Gasteiger partial charge in [-0.3, -0.25) is 4.79 Å². The minimum absolute atomic E-state index is 0.0422. The Hall–Kier alpha value is -2.49. The van der Waals surface area contributed by atoms with E-state index in [1.165, 1.54) is 0 Å². The van der Waals surface area contributed by atoms with Gasteiger partial charge in [0.05, 0.1) is 6.61 Å². The maximum atomic E-state index is 12.6. The summed E-state index contributed by atoms with van der Waals surface area (Å²) in [5, 5.41) is 6.37. The SMILES string of the molecule is O=C(Nc1ccc2c(c1)CCO2)c1cccc2c1CCCN2. The number of fused-ring (bicyclic) bond motifs is 2. The lowest BCUT2D eigenvalue weighted by molar-refractivity contribution is 0.102. The van der Waals surface area contributed by atoms with E-state index >= 15 is 0 Å². The zero-order valence-corrected chi connectivity index (χ0v) is 12.3. The summed E-state index contributed by atoms with van der Waals surface area (Å²) in [7, 11) is 0. The van der Waals surface area contributed by atoms with Crippen LogP contribution in [0, 0.1) is 0 Å². The van der Waals surface area contributed by atoms with Crippen LogP contribution in [-0.2, 0) is 12.8 Å². The first-order valence-electron chi connectivity index (χ1n) is 7.74. The number of carbonyl (C=O) groups is 1. The Morgan fingerprint density at radius 3 is 3.09 bits per heavy atom. The number of ether oxygens (including phenoxy) is 1. The average Bonchev–Trinajstić information content (AvgIpc) is 3.02. The number of rotatable bonds is 2. The summed E-state index contributed by atoms with van der Waals surface area (Å²) >= 11 is 0. The number of amides is 1. The normalized spacial score (nSPS) is 15.3. The molecule has 2 aromatic carbocycles. The number of carbonyl (C=O) groups excluding carboxylic acids is 1. The molecule has 0 saturated carbocycles. The van der Waals surface area contributed by atoms with Crippen molar-refractivity contribution in [1.29, 1.82) is 0 Å². The van der Waals surface area contributed by atoms with Crippen molar-refractivity contribution in [2.45, 2.75) is 19.3 Å². The molecule has 0 radical (unpaired) electrons. The molecule has 2 heterocycles. The van der Waals surface area contributed by atoms with Crippen molar-refractivity contribution in [2.24, 2.45) is 0 Å². The Labute approximate surface area is 129 Å². The first-order chi connectivity index (χ1) is 10.8. The van der Waals surface area contributed by atoms with Gasteiger partial charge in [-0.05, 0) is 54.3 Å². The Balaban J connectivity index is 1.60. The molecular formula is C18H18N2O2. The zero-order chi connectivity index (χ0) is 14.9. The van der Waals surface area contributed by atoms with E-state index in [0.717, 1.165) is 66.2 Å². The lowest BCUT2D eigenvalue weighted by Gasteiger charge is -2.20. The van der Waals surface area contributed by atoms with Crippen LogP contribution in [0.3, 0.4) is 0 Å². The smallest absolute Gasteiger partial charge is 0.256 e. The van der Waals surface area contributed by atoms with E-state index in [1.807, 2.05) is 36.4 Å². The summed E-state index contributed by atoms with van der Waals surface area (Å²) < 4.78 is 5.50. The molecule has 0 aromatic heterocycles. The molecule has 0 atom stereocenters. The van der Waals surface area contributed by atoms with E-state index in [9.17, 15) is 4.79 Å². The van der Waals surface area contributed by atoms with Crippen LogP contribution < -0.4 is 15.4 Å². The summed E-state index contributed by atoms with van der Waals surface area (Å²) in [5.74, 6) is 0.888. The molecule has 0 unspecified atom stereocenters. The van der Waals surface area contributed by atoms with E-state index in [0.29, 0.717) is 0 Å². The molecule has 4 nitrogen and oxygen atoms in total. The summed E-state index contributed by atoms with van der Waals surface area (Å²) in [6.07, 6.45) is 2.92. The van der Waals surface area contributed by atoms with Crippen molar-refractivity contribution in [3.05, 3.63) is 53.1 Å². The van der Waals surface area contributed by atoms with Crippen molar-refractivity contribution in [1.82, 2.24) is 0 Å². The van der Waals surface area contributed by atoms with Gasteiger partial charge in [-0.15, -0.1) is 0 Å². The minimum Gasteiger partial charge on any atom is -0.493 e. The second-order valence-corrected chi connectivity index (χ2v) is 5.74. The van der Waals surface area contributed by atoms with Gasteiger partial charge in [-0.25, -0.2) is 0 Å². The molecule has 0 bridgehead atoms. The number of anilines is 2. The third kappa shape index (κ3) is 2.30. The maximum absolute atomic E-state index is 12.6. The largest absolute Gasteiger partial charge is 0.493 e.